The number of aromatic amines is 1. The summed E-state index contributed by atoms with van der Waals surface area (Å²) in [5.41, 5.74) is 0.159. The second-order valence-corrected chi connectivity index (χ2v) is 8.31. The predicted molar refractivity (Wildman–Crippen MR) is 105 cm³/mol. The molecule has 0 atom stereocenters. The molecule has 1 heterocycles. The lowest BCUT2D eigenvalue weighted by molar-refractivity contribution is -0.000497. The first-order valence-corrected chi connectivity index (χ1v) is 9.02. The number of hydrogen-bond acceptors (Lipinski definition) is 6. The van der Waals surface area contributed by atoms with Crippen LogP contribution in [0.5, 0.6) is 0 Å². The molecule has 0 radical (unpaired) electrons. The van der Waals surface area contributed by atoms with E-state index in [-0.39, 0.29) is 13.2 Å². The van der Waals surface area contributed by atoms with Gasteiger partial charge in [-0.3, -0.25) is 4.98 Å². The minimum atomic E-state index is -0.822. The van der Waals surface area contributed by atoms with Crippen LogP contribution in [0.3, 0.4) is 0 Å². The Morgan fingerprint density at radius 1 is 1.04 bits per heavy atom. The number of rotatable bonds is 3. The van der Waals surface area contributed by atoms with E-state index in [1.807, 2.05) is 0 Å². The Kier molecular flexibility index (Phi) is 7.99. The quantitative estimate of drug-likeness (QED) is 0.804. The number of ether oxygens (including phenoxy) is 2. The monoisotopic (exact) mass is 393 g/mol. The zero-order valence-corrected chi connectivity index (χ0v) is 17.7. The highest BCUT2D eigenvalue weighted by Gasteiger charge is 2.31. The van der Waals surface area contributed by atoms with Crippen molar-refractivity contribution in [1.82, 2.24) is 14.9 Å². The first kappa shape index (κ1) is 23.4. The number of aliphatic hydroxyl groups is 1. The van der Waals surface area contributed by atoms with Crippen molar-refractivity contribution < 1.29 is 24.2 Å². The molecule has 1 aromatic rings. The first-order chi connectivity index (χ1) is 12.8. The van der Waals surface area contributed by atoms with Crippen molar-refractivity contribution in [3.05, 3.63) is 41.5 Å². The SMILES string of the molecule is Cc1ccc(CO)c[nH]cc(CN(C(=O)OC(C)(C)C)C(=O)OC(C)(C)C)n1. The van der Waals surface area contributed by atoms with E-state index in [9.17, 15) is 14.7 Å². The molecule has 0 aliphatic rings. The Morgan fingerprint density at radius 3 is 2.04 bits per heavy atom. The summed E-state index contributed by atoms with van der Waals surface area (Å²) in [7, 11) is 0. The first-order valence-electron chi connectivity index (χ1n) is 9.02. The van der Waals surface area contributed by atoms with Crippen LogP contribution < -0.4 is 0 Å². The van der Waals surface area contributed by atoms with Gasteiger partial charge in [-0.25, -0.2) is 14.5 Å². The van der Waals surface area contributed by atoms with Gasteiger partial charge >= 0.3 is 12.2 Å². The molecule has 156 valence electrons. The maximum atomic E-state index is 12.6. The summed E-state index contributed by atoms with van der Waals surface area (Å²) in [5.74, 6) is 0. The summed E-state index contributed by atoms with van der Waals surface area (Å²) in [6.45, 7) is 11.8. The Balaban J connectivity index is 3.28. The third kappa shape index (κ3) is 8.85. The maximum Gasteiger partial charge on any atom is 0.420 e. The normalized spacial score (nSPS) is 11.4. The second-order valence-electron chi connectivity index (χ2n) is 8.31. The Morgan fingerprint density at radius 2 is 1.57 bits per heavy atom. The molecular formula is C20H31N3O5. The second kappa shape index (κ2) is 9.54. The highest BCUT2D eigenvalue weighted by molar-refractivity contribution is 5.88. The number of nitrogens with zero attached hydrogens (tertiary/aromatic N) is 2. The molecule has 0 saturated heterocycles. The van der Waals surface area contributed by atoms with Gasteiger partial charge in [0.15, 0.2) is 0 Å². The van der Waals surface area contributed by atoms with Crippen LogP contribution in [0.4, 0.5) is 9.59 Å². The van der Waals surface area contributed by atoms with Crippen molar-refractivity contribution in [2.24, 2.45) is 0 Å². The van der Waals surface area contributed by atoms with Gasteiger partial charge in [-0.15, -0.1) is 0 Å². The van der Waals surface area contributed by atoms with E-state index in [2.05, 4.69) is 9.97 Å². The highest BCUT2D eigenvalue weighted by Crippen LogP contribution is 2.16. The summed E-state index contributed by atoms with van der Waals surface area (Å²) >= 11 is 0. The van der Waals surface area contributed by atoms with E-state index in [4.69, 9.17) is 9.47 Å². The number of carbonyl (C=O) groups excluding carboxylic acids is 2. The van der Waals surface area contributed by atoms with Crippen LogP contribution in [0, 0.1) is 6.92 Å². The van der Waals surface area contributed by atoms with Crippen LogP contribution >= 0.6 is 0 Å². The van der Waals surface area contributed by atoms with Crippen molar-refractivity contribution in [3.63, 3.8) is 0 Å². The zero-order chi connectivity index (χ0) is 21.5. The van der Waals surface area contributed by atoms with Crippen molar-refractivity contribution in [2.45, 2.75) is 72.8 Å². The van der Waals surface area contributed by atoms with Gasteiger partial charge in [0, 0.05) is 18.1 Å². The van der Waals surface area contributed by atoms with E-state index in [0.29, 0.717) is 17.0 Å². The Labute approximate surface area is 166 Å². The smallest absolute Gasteiger partial charge is 0.420 e. The van der Waals surface area contributed by atoms with Crippen LogP contribution in [0.25, 0.3) is 0 Å². The van der Waals surface area contributed by atoms with Gasteiger partial charge in [0.25, 0.3) is 0 Å². The van der Waals surface area contributed by atoms with Gasteiger partial charge in [0.2, 0.25) is 0 Å². The van der Waals surface area contributed by atoms with Crippen LogP contribution in [0.15, 0.2) is 24.5 Å². The van der Waals surface area contributed by atoms with E-state index >= 15 is 0 Å². The lowest BCUT2D eigenvalue weighted by Gasteiger charge is -2.28. The molecule has 2 amide bonds. The number of carbonyl (C=O) groups is 2. The maximum absolute atomic E-state index is 12.6. The van der Waals surface area contributed by atoms with E-state index in [1.54, 1.807) is 73.0 Å². The molecule has 1 rings (SSSR count). The molecule has 0 aliphatic heterocycles. The number of amides is 2. The largest absolute Gasteiger partial charge is 0.443 e. The molecule has 0 unspecified atom stereocenters. The molecule has 0 spiro atoms. The number of imide groups is 1. The zero-order valence-electron chi connectivity index (χ0n) is 17.7. The van der Waals surface area contributed by atoms with Crippen molar-refractivity contribution in [1.29, 1.82) is 0 Å². The number of nitrogens with one attached hydrogen (secondary N) is 1. The average Bonchev–Trinajstić information content (AvgIpc) is 2.59. The van der Waals surface area contributed by atoms with Gasteiger partial charge < -0.3 is 19.6 Å². The van der Waals surface area contributed by atoms with Crippen molar-refractivity contribution >= 4 is 12.2 Å². The predicted octanol–water partition coefficient (Wildman–Crippen LogP) is 4.01. The Hall–Kier alpha value is -2.61. The minimum absolute atomic E-state index is 0.137. The summed E-state index contributed by atoms with van der Waals surface area (Å²) in [4.78, 5) is 33.4. The fraction of sp³-hybridized carbons (Fsp3) is 0.550. The average molecular weight is 393 g/mol. The lowest BCUT2D eigenvalue weighted by Crippen LogP contribution is -2.43. The van der Waals surface area contributed by atoms with Gasteiger partial charge in [0.1, 0.15) is 11.2 Å². The number of aryl methyl sites for hydroxylation is 1. The summed E-state index contributed by atoms with van der Waals surface area (Å²) in [6, 6.07) is 3.45. The molecule has 2 N–H and O–H groups in total. The number of H-pyrrole nitrogens is 1. The fourth-order valence-electron chi connectivity index (χ4n) is 2.00. The molecule has 8 heteroatoms. The molecule has 0 aliphatic carbocycles. The van der Waals surface area contributed by atoms with E-state index in [1.165, 1.54) is 0 Å². The van der Waals surface area contributed by atoms with Gasteiger partial charge in [-0.1, -0.05) is 6.07 Å². The van der Waals surface area contributed by atoms with E-state index < -0.39 is 23.4 Å². The van der Waals surface area contributed by atoms with Gasteiger partial charge in [-0.2, -0.15) is 0 Å². The van der Waals surface area contributed by atoms with E-state index in [0.717, 1.165) is 4.90 Å². The lowest BCUT2D eigenvalue weighted by atomic mass is 10.2. The molecule has 0 saturated carbocycles. The van der Waals surface area contributed by atoms with Crippen LogP contribution in [0.1, 0.15) is 58.5 Å². The molecule has 28 heavy (non-hydrogen) atoms. The number of aromatic nitrogens is 2. The molecule has 1 aromatic heterocycles. The van der Waals surface area contributed by atoms with Crippen LogP contribution in [-0.4, -0.2) is 43.4 Å². The highest BCUT2D eigenvalue weighted by atomic mass is 16.6. The molecule has 0 aromatic carbocycles. The number of aliphatic hydroxyl groups excluding tert-OH is 1. The molecule has 0 bridgehead atoms. The molecule has 8 nitrogen and oxygen atoms in total. The third-order valence-electron chi connectivity index (χ3n) is 3.11. The summed E-state index contributed by atoms with van der Waals surface area (Å²) in [6.07, 6.45) is 1.51. The Bertz CT molecular complexity index is 715. The summed E-state index contributed by atoms with van der Waals surface area (Å²) in [5, 5.41) is 9.31. The third-order valence-corrected chi connectivity index (χ3v) is 3.11. The van der Waals surface area contributed by atoms with Crippen molar-refractivity contribution in [2.75, 3.05) is 0 Å². The topological polar surface area (TPSA) is 105 Å². The standard InChI is InChI=1S/C20H31N3O5/c1-14-8-9-15(13-24)10-21-11-16(22-14)12-23(17(25)27-19(2,3)4)18(26)28-20(5,6)7/h8-11,21,24H,12-13H2,1-7H3. The number of hydrogen-bond donors (Lipinski definition) is 2. The van der Waals surface area contributed by atoms with Crippen LogP contribution in [0.2, 0.25) is 0 Å². The molecule has 0 fully saturated rings. The summed E-state index contributed by atoms with van der Waals surface area (Å²) < 4.78 is 10.7. The molecular weight excluding hydrogens is 362 g/mol. The van der Waals surface area contributed by atoms with Crippen LogP contribution in [-0.2, 0) is 22.6 Å². The fourth-order valence-corrected chi connectivity index (χ4v) is 2.00. The van der Waals surface area contributed by atoms with Gasteiger partial charge in [0.05, 0.1) is 18.8 Å². The minimum Gasteiger partial charge on any atom is -0.443 e. The van der Waals surface area contributed by atoms with Crippen molar-refractivity contribution in [3.8, 4) is 0 Å². The van der Waals surface area contributed by atoms with Gasteiger partial charge in [-0.05, 0) is 60.1 Å².